The quantitative estimate of drug-likeness (QED) is 0.754. The lowest BCUT2D eigenvalue weighted by atomic mass is 10.1. The van der Waals surface area contributed by atoms with Crippen LogP contribution in [0.2, 0.25) is 0 Å². The standard InChI is InChI=1S/C12H11NO3/c1-15-10-4-7-3-8(6-13)12(14)9(7)5-11(10)16-2/h4-5,8H,3H2,1-2H3. The maximum absolute atomic E-state index is 11.8. The minimum atomic E-state index is -0.563. The van der Waals surface area contributed by atoms with Crippen LogP contribution in [0.15, 0.2) is 12.1 Å². The van der Waals surface area contributed by atoms with Crippen LogP contribution < -0.4 is 9.47 Å². The van der Waals surface area contributed by atoms with Gasteiger partial charge in [0, 0.05) is 5.56 Å². The zero-order valence-electron chi connectivity index (χ0n) is 9.11. The molecule has 1 aromatic rings. The maximum Gasteiger partial charge on any atom is 0.180 e. The normalized spacial score (nSPS) is 17.8. The van der Waals surface area contributed by atoms with Crippen molar-refractivity contribution in [1.29, 1.82) is 5.26 Å². The first kappa shape index (κ1) is 10.5. The van der Waals surface area contributed by atoms with Gasteiger partial charge in [-0.25, -0.2) is 0 Å². The maximum atomic E-state index is 11.8. The summed E-state index contributed by atoms with van der Waals surface area (Å²) in [4.78, 5) is 11.8. The monoisotopic (exact) mass is 217 g/mol. The Bertz CT molecular complexity index is 488. The van der Waals surface area contributed by atoms with Crippen molar-refractivity contribution >= 4 is 5.78 Å². The SMILES string of the molecule is COc1cc2c(cc1OC)C(=O)C(C#N)C2. The Hall–Kier alpha value is -2.02. The van der Waals surface area contributed by atoms with E-state index in [2.05, 4.69) is 0 Å². The number of carbonyl (C=O) groups is 1. The van der Waals surface area contributed by atoms with Crippen molar-refractivity contribution in [3.8, 4) is 17.6 Å². The van der Waals surface area contributed by atoms with Crippen LogP contribution in [0.5, 0.6) is 11.5 Å². The summed E-state index contributed by atoms with van der Waals surface area (Å²) in [7, 11) is 3.06. The van der Waals surface area contributed by atoms with E-state index in [1.807, 2.05) is 6.07 Å². The molecule has 82 valence electrons. The third-order valence-electron chi connectivity index (χ3n) is 2.77. The fraction of sp³-hybridized carbons (Fsp3) is 0.333. The molecule has 0 amide bonds. The Morgan fingerprint density at radius 2 is 1.94 bits per heavy atom. The molecular formula is C12H11NO3. The summed E-state index contributed by atoms with van der Waals surface area (Å²) in [6, 6.07) is 5.42. The molecule has 0 aliphatic heterocycles. The molecule has 0 radical (unpaired) electrons. The minimum Gasteiger partial charge on any atom is -0.493 e. The summed E-state index contributed by atoms with van der Waals surface area (Å²) >= 11 is 0. The number of Topliss-reactive ketones (excluding diaryl/α,β-unsaturated/α-hetero) is 1. The number of rotatable bonds is 2. The summed E-state index contributed by atoms with van der Waals surface area (Å²) in [5.41, 5.74) is 1.43. The summed E-state index contributed by atoms with van der Waals surface area (Å²) in [5, 5.41) is 8.83. The second kappa shape index (κ2) is 3.86. The van der Waals surface area contributed by atoms with Crippen molar-refractivity contribution in [2.75, 3.05) is 14.2 Å². The molecule has 2 rings (SSSR count). The number of hydrogen-bond donors (Lipinski definition) is 0. The second-order valence-electron chi connectivity index (χ2n) is 3.61. The molecule has 1 aromatic carbocycles. The van der Waals surface area contributed by atoms with E-state index >= 15 is 0 Å². The van der Waals surface area contributed by atoms with E-state index in [9.17, 15) is 4.79 Å². The largest absolute Gasteiger partial charge is 0.493 e. The third-order valence-corrected chi connectivity index (χ3v) is 2.77. The highest BCUT2D eigenvalue weighted by atomic mass is 16.5. The van der Waals surface area contributed by atoms with Gasteiger partial charge in [0.15, 0.2) is 17.3 Å². The number of methoxy groups -OCH3 is 2. The van der Waals surface area contributed by atoms with Gasteiger partial charge in [-0.3, -0.25) is 4.79 Å². The van der Waals surface area contributed by atoms with Gasteiger partial charge in [0.2, 0.25) is 0 Å². The zero-order valence-corrected chi connectivity index (χ0v) is 9.11. The Morgan fingerprint density at radius 3 is 2.50 bits per heavy atom. The van der Waals surface area contributed by atoms with Gasteiger partial charge in [-0.05, 0) is 24.1 Å². The number of hydrogen-bond acceptors (Lipinski definition) is 4. The number of ether oxygens (including phenoxy) is 2. The Morgan fingerprint density at radius 1 is 1.31 bits per heavy atom. The van der Waals surface area contributed by atoms with E-state index in [0.29, 0.717) is 23.5 Å². The average molecular weight is 217 g/mol. The predicted molar refractivity (Wildman–Crippen MR) is 56.7 cm³/mol. The highest BCUT2D eigenvalue weighted by molar-refractivity contribution is 6.04. The Labute approximate surface area is 93.4 Å². The van der Waals surface area contributed by atoms with E-state index in [4.69, 9.17) is 14.7 Å². The predicted octanol–water partition coefficient (Wildman–Crippen LogP) is 1.58. The van der Waals surface area contributed by atoms with E-state index in [1.165, 1.54) is 7.11 Å². The molecule has 0 bridgehead atoms. The lowest BCUT2D eigenvalue weighted by Gasteiger charge is -2.09. The number of ketones is 1. The van der Waals surface area contributed by atoms with Gasteiger partial charge >= 0.3 is 0 Å². The number of fused-ring (bicyclic) bond motifs is 1. The molecule has 1 unspecified atom stereocenters. The molecule has 0 fully saturated rings. The van der Waals surface area contributed by atoms with Gasteiger partial charge in [-0.2, -0.15) is 5.26 Å². The van der Waals surface area contributed by atoms with Crippen LogP contribution in [0.4, 0.5) is 0 Å². The van der Waals surface area contributed by atoms with Gasteiger partial charge in [0.25, 0.3) is 0 Å². The van der Waals surface area contributed by atoms with Crippen LogP contribution in [0, 0.1) is 17.2 Å². The van der Waals surface area contributed by atoms with Crippen LogP contribution in [0.3, 0.4) is 0 Å². The molecule has 0 spiro atoms. The zero-order chi connectivity index (χ0) is 11.7. The number of nitrogens with zero attached hydrogens (tertiary/aromatic N) is 1. The lowest BCUT2D eigenvalue weighted by molar-refractivity contribution is 0.0963. The molecule has 1 aliphatic carbocycles. The van der Waals surface area contributed by atoms with Crippen LogP contribution in [-0.4, -0.2) is 20.0 Å². The van der Waals surface area contributed by atoms with E-state index in [-0.39, 0.29) is 5.78 Å². The first-order chi connectivity index (χ1) is 7.71. The molecule has 4 nitrogen and oxygen atoms in total. The highest BCUT2D eigenvalue weighted by Crippen LogP contribution is 2.36. The summed E-state index contributed by atoms with van der Waals surface area (Å²) in [5.74, 6) is 0.422. The minimum absolute atomic E-state index is 0.126. The topological polar surface area (TPSA) is 59.3 Å². The van der Waals surface area contributed by atoms with E-state index < -0.39 is 5.92 Å². The fourth-order valence-electron chi connectivity index (χ4n) is 1.92. The molecule has 1 atom stereocenters. The summed E-state index contributed by atoms with van der Waals surface area (Å²) < 4.78 is 10.3. The summed E-state index contributed by atoms with van der Waals surface area (Å²) in [6.45, 7) is 0. The van der Waals surface area contributed by atoms with Crippen molar-refractivity contribution in [1.82, 2.24) is 0 Å². The molecule has 0 saturated carbocycles. The van der Waals surface area contributed by atoms with Crippen molar-refractivity contribution in [2.24, 2.45) is 5.92 Å². The highest BCUT2D eigenvalue weighted by Gasteiger charge is 2.31. The molecule has 0 heterocycles. The van der Waals surface area contributed by atoms with Crippen molar-refractivity contribution in [3.63, 3.8) is 0 Å². The van der Waals surface area contributed by atoms with Crippen LogP contribution in [0.1, 0.15) is 15.9 Å². The molecule has 0 N–H and O–H groups in total. The van der Waals surface area contributed by atoms with Crippen molar-refractivity contribution < 1.29 is 14.3 Å². The third kappa shape index (κ3) is 1.41. The van der Waals surface area contributed by atoms with Crippen molar-refractivity contribution in [2.45, 2.75) is 6.42 Å². The first-order valence-corrected chi connectivity index (χ1v) is 4.90. The smallest absolute Gasteiger partial charge is 0.180 e. The fourth-order valence-corrected chi connectivity index (χ4v) is 1.92. The second-order valence-corrected chi connectivity index (χ2v) is 3.61. The number of carbonyl (C=O) groups excluding carboxylic acids is 1. The molecule has 1 aliphatic rings. The van der Waals surface area contributed by atoms with Gasteiger partial charge in [0.1, 0.15) is 5.92 Å². The number of nitriles is 1. The molecule has 0 aromatic heterocycles. The van der Waals surface area contributed by atoms with Crippen LogP contribution in [0.25, 0.3) is 0 Å². The van der Waals surface area contributed by atoms with Crippen molar-refractivity contribution in [3.05, 3.63) is 23.3 Å². The lowest BCUT2D eigenvalue weighted by Crippen LogP contribution is -2.05. The molecular weight excluding hydrogens is 206 g/mol. The molecule has 4 heteroatoms. The van der Waals surface area contributed by atoms with Gasteiger partial charge in [0.05, 0.1) is 20.3 Å². The Balaban J connectivity index is 2.52. The van der Waals surface area contributed by atoms with Crippen LogP contribution in [-0.2, 0) is 6.42 Å². The van der Waals surface area contributed by atoms with Gasteiger partial charge in [-0.1, -0.05) is 0 Å². The van der Waals surface area contributed by atoms with E-state index in [1.54, 1.807) is 19.2 Å². The first-order valence-electron chi connectivity index (χ1n) is 4.90. The van der Waals surface area contributed by atoms with Gasteiger partial charge < -0.3 is 9.47 Å². The van der Waals surface area contributed by atoms with Crippen LogP contribution >= 0.6 is 0 Å². The van der Waals surface area contributed by atoms with Gasteiger partial charge in [-0.15, -0.1) is 0 Å². The molecule has 0 saturated heterocycles. The Kier molecular flexibility index (Phi) is 2.53. The average Bonchev–Trinajstić information content (AvgIpc) is 2.63. The van der Waals surface area contributed by atoms with E-state index in [0.717, 1.165) is 5.56 Å². The number of benzene rings is 1. The summed E-state index contributed by atoms with van der Waals surface area (Å²) in [6.07, 6.45) is 0.463. The molecule has 16 heavy (non-hydrogen) atoms.